The molecular weight excluding hydrogens is 232 g/mol. The Morgan fingerprint density at radius 3 is 2.65 bits per heavy atom. The summed E-state index contributed by atoms with van der Waals surface area (Å²) in [5, 5.41) is 9.78. The Labute approximate surface area is 108 Å². The maximum absolute atomic E-state index is 4.40. The van der Waals surface area contributed by atoms with Crippen molar-refractivity contribution in [3.05, 3.63) is 16.1 Å². The van der Waals surface area contributed by atoms with E-state index in [1.54, 1.807) is 18.4 Å². The Hall–Kier alpha value is -1.10. The van der Waals surface area contributed by atoms with E-state index in [0.717, 1.165) is 23.2 Å². The maximum Gasteiger partial charge on any atom is 0.191 e. The van der Waals surface area contributed by atoms with E-state index in [1.165, 1.54) is 0 Å². The number of rotatable bonds is 4. The Morgan fingerprint density at radius 2 is 2.18 bits per heavy atom. The Morgan fingerprint density at radius 1 is 1.47 bits per heavy atom. The van der Waals surface area contributed by atoms with Gasteiger partial charge >= 0.3 is 0 Å². The molecule has 1 rings (SSSR count). The van der Waals surface area contributed by atoms with Gasteiger partial charge in [0.15, 0.2) is 5.96 Å². The standard InChI is InChI=1S/C12H22N4S/c1-8(2)10(4)16-12(13-5)14-6-11-15-9(3)7-17-11/h7-8,10H,6H2,1-5H3,(H2,13,14,16). The van der Waals surface area contributed by atoms with Crippen LogP contribution >= 0.6 is 11.3 Å². The second kappa shape index (κ2) is 6.59. The van der Waals surface area contributed by atoms with Gasteiger partial charge in [-0.3, -0.25) is 4.99 Å². The molecule has 0 aromatic carbocycles. The van der Waals surface area contributed by atoms with E-state index in [4.69, 9.17) is 0 Å². The number of guanidine groups is 1. The number of hydrogen-bond acceptors (Lipinski definition) is 3. The van der Waals surface area contributed by atoms with E-state index < -0.39 is 0 Å². The third-order valence-electron chi connectivity index (χ3n) is 2.66. The molecule has 2 N–H and O–H groups in total. The molecule has 1 aromatic rings. The number of nitrogens with zero attached hydrogens (tertiary/aromatic N) is 2. The number of aryl methyl sites for hydroxylation is 1. The molecule has 17 heavy (non-hydrogen) atoms. The molecule has 0 aliphatic carbocycles. The normalized spacial score (nSPS) is 13.9. The van der Waals surface area contributed by atoms with Crippen LogP contribution in [0.3, 0.4) is 0 Å². The minimum Gasteiger partial charge on any atom is -0.354 e. The largest absolute Gasteiger partial charge is 0.354 e. The smallest absolute Gasteiger partial charge is 0.191 e. The summed E-state index contributed by atoms with van der Waals surface area (Å²) in [6.45, 7) is 9.27. The number of aliphatic imine (C=N–C) groups is 1. The molecule has 0 saturated heterocycles. The number of thiazole rings is 1. The van der Waals surface area contributed by atoms with Gasteiger partial charge in [0.25, 0.3) is 0 Å². The molecule has 0 amide bonds. The summed E-state index contributed by atoms with van der Waals surface area (Å²) in [6.07, 6.45) is 0. The van der Waals surface area contributed by atoms with Gasteiger partial charge in [0.2, 0.25) is 0 Å². The molecule has 0 radical (unpaired) electrons. The number of nitrogens with one attached hydrogen (secondary N) is 2. The molecule has 0 spiro atoms. The highest BCUT2D eigenvalue weighted by Gasteiger charge is 2.09. The van der Waals surface area contributed by atoms with Crippen LogP contribution in [-0.2, 0) is 6.54 Å². The SMILES string of the molecule is CN=C(NCc1nc(C)cs1)NC(C)C(C)C. The van der Waals surface area contributed by atoms with Crippen molar-refractivity contribution in [1.82, 2.24) is 15.6 Å². The molecule has 0 bridgehead atoms. The van der Waals surface area contributed by atoms with Gasteiger partial charge < -0.3 is 10.6 Å². The van der Waals surface area contributed by atoms with Crippen molar-refractivity contribution in [2.24, 2.45) is 10.9 Å². The first kappa shape index (κ1) is 14.0. The summed E-state index contributed by atoms with van der Waals surface area (Å²) < 4.78 is 0. The summed E-state index contributed by atoms with van der Waals surface area (Å²) in [7, 11) is 1.79. The van der Waals surface area contributed by atoms with Crippen LogP contribution in [0.1, 0.15) is 31.5 Å². The van der Waals surface area contributed by atoms with Crippen LogP contribution in [0.5, 0.6) is 0 Å². The van der Waals surface area contributed by atoms with E-state index in [9.17, 15) is 0 Å². The average Bonchev–Trinajstić information content (AvgIpc) is 2.69. The molecule has 1 atom stereocenters. The molecular formula is C12H22N4S. The summed E-state index contributed by atoms with van der Waals surface area (Å²) in [5.74, 6) is 1.41. The minimum atomic E-state index is 0.402. The van der Waals surface area contributed by atoms with Crippen molar-refractivity contribution in [3.63, 3.8) is 0 Å². The molecule has 4 nitrogen and oxygen atoms in total. The van der Waals surface area contributed by atoms with Crippen LogP contribution in [-0.4, -0.2) is 24.0 Å². The zero-order valence-corrected chi connectivity index (χ0v) is 12.1. The average molecular weight is 254 g/mol. The molecule has 0 fully saturated rings. The van der Waals surface area contributed by atoms with Gasteiger partial charge in [-0.2, -0.15) is 0 Å². The predicted molar refractivity (Wildman–Crippen MR) is 74.5 cm³/mol. The van der Waals surface area contributed by atoms with Gasteiger partial charge in [-0.15, -0.1) is 11.3 Å². The fourth-order valence-electron chi connectivity index (χ4n) is 1.22. The first-order valence-corrected chi connectivity index (χ1v) is 6.79. The lowest BCUT2D eigenvalue weighted by Crippen LogP contribution is -2.43. The van der Waals surface area contributed by atoms with Crippen LogP contribution in [0.4, 0.5) is 0 Å². The van der Waals surface area contributed by atoms with E-state index in [-0.39, 0.29) is 0 Å². The molecule has 5 heteroatoms. The lowest BCUT2D eigenvalue weighted by molar-refractivity contribution is 0.481. The van der Waals surface area contributed by atoms with Gasteiger partial charge in [0.05, 0.1) is 6.54 Å². The van der Waals surface area contributed by atoms with E-state index >= 15 is 0 Å². The highest BCUT2D eigenvalue weighted by atomic mass is 32.1. The summed E-state index contributed by atoms with van der Waals surface area (Å²) >= 11 is 1.67. The molecule has 0 aliphatic heterocycles. The van der Waals surface area contributed by atoms with Crippen molar-refractivity contribution >= 4 is 17.3 Å². The van der Waals surface area contributed by atoms with Crippen molar-refractivity contribution in [2.45, 2.75) is 40.3 Å². The summed E-state index contributed by atoms with van der Waals surface area (Å²) in [6, 6.07) is 0.402. The fourth-order valence-corrected chi connectivity index (χ4v) is 1.93. The second-order valence-electron chi connectivity index (χ2n) is 4.49. The van der Waals surface area contributed by atoms with Crippen LogP contribution in [0.2, 0.25) is 0 Å². The lowest BCUT2D eigenvalue weighted by Gasteiger charge is -2.20. The first-order valence-electron chi connectivity index (χ1n) is 5.91. The highest BCUT2D eigenvalue weighted by Crippen LogP contribution is 2.07. The molecule has 1 unspecified atom stereocenters. The number of aromatic nitrogens is 1. The monoisotopic (exact) mass is 254 g/mol. The second-order valence-corrected chi connectivity index (χ2v) is 5.43. The Kier molecular flexibility index (Phi) is 5.41. The zero-order valence-electron chi connectivity index (χ0n) is 11.2. The Bertz CT molecular complexity index is 370. The van der Waals surface area contributed by atoms with Crippen molar-refractivity contribution in [3.8, 4) is 0 Å². The number of hydrogen-bond donors (Lipinski definition) is 2. The molecule has 0 saturated carbocycles. The van der Waals surface area contributed by atoms with Crippen molar-refractivity contribution in [1.29, 1.82) is 0 Å². The topological polar surface area (TPSA) is 49.3 Å². The van der Waals surface area contributed by atoms with Gasteiger partial charge in [-0.05, 0) is 19.8 Å². The minimum absolute atomic E-state index is 0.402. The molecule has 0 aliphatic rings. The van der Waals surface area contributed by atoms with E-state index in [1.807, 2.05) is 6.92 Å². The third-order valence-corrected chi connectivity index (χ3v) is 3.63. The maximum atomic E-state index is 4.40. The van der Waals surface area contributed by atoms with E-state index in [2.05, 4.69) is 46.8 Å². The lowest BCUT2D eigenvalue weighted by atomic mass is 10.1. The van der Waals surface area contributed by atoms with Gasteiger partial charge in [0, 0.05) is 24.2 Å². The van der Waals surface area contributed by atoms with E-state index in [0.29, 0.717) is 12.0 Å². The van der Waals surface area contributed by atoms with Crippen LogP contribution in [0, 0.1) is 12.8 Å². The quantitative estimate of drug-likeness (QED) is 0.639. The van der Waals surface area contributed by atoms with Crippen LogP contribution in [0.15, 0.2) is 10.4 Å². The zero-order chi connectivity index (χ0) is 12.8. The third kappa shape index (κ3) is 4.73. The molecule has 1 aromatic heterocycles. The van der Waals surface area contributed by atoms with Gasteiger partial charge in [0.1, 0.15) is 5.01 Å². The summed E-state index contributed by atoms with van der Waals surface area (Å²) in [4.78, 5) is 8.61. The first-order chi connectivity index (χ1) is 8.02. The van der Waals surface area contributed by atoms with Gasteiger partial charge in [-0.1, -0.05) is 13.8 Å². The summed E-state index contributed by atoms with van der Waals surface area (Å²) in [5.41, 5.74) is 1.07. The van der Waals surface area contributed by atoms with Crippen molar-refractivity contribution < 1.29 is 0 Å². The Balaban J connectivity index is 2.43. The highest BCUT2D eigenvalue weighted by molar-refractivity contribution is 7.09. The van der Waals surface area contributed by atoms with Crippen LogP contribution < -0.4 is 10.6 Å². The molecule has 1 heterocycles. The molecule has 96 valence electrons. The fraction of sp³-hybridized carbons (Fsp3) is 0.667. The predicted octanol–water partition coefficient (Wildman–Crippen LogP) is 2.16. The van der Waals surface area contributed by atoms with Gasteiger partial charge in [-0.25, -0.2) is 4.98 Å². The van der Waals surface area contributed by atoms with Crippen molar-refractivity contribution in [2.75, 3.05) is 7.05 Å². The van der Waals surface area contributed by atoms with Crippen LogP contribution in [0.25, 0.3) is 0 Å².